The van der Waals surface area contributed by atoms with E-state index >= 15 is 0 Å². The molecule has 9 heteroatoms. The van der Waals surface area contributed by atoms with Crippen LogP contribution in [0.1, 0.15) is 31.1 Å². The van der Waals surface area contributed by atoms with Crippen molar-refractivity contribution in [2.75, 3.05) is 10.3 Å². The Bertz CT molecular complexity index is 1230. The smallest absolute Gasteiger partial charge is 0.338 e. The van der Waals surface area contributed by atoms with E-state index in [1.165, 1.54) is 18.5 Å². The highest BCUT2D eigenvalue weighted by Crippen LogP contribution is 2.27. The fourth-order valence-corrected chi connectivity index (χ4v) is 3.41. The molecular formula is C24H22N4O5. The molecule has 1 unspecified atom stereocenters. The van der Waals surface area contributed by atoms with Crippen molar-refractivity contribution in [1.29, 1.82) is 0 Å². The zero-order valence-corrected chi connectivity index (χ0v) is 18.3. The summed E-state index contributed by atoms with van der Waals surface area (Å²) in [6, 6.07) is 13.3. The van der Waals surface area contributed by atoms with Crippen LogP contribution in [0, 0.1) is 5.92 Å². The minimum Gasteiger partial charge on any atom is -0.459 e. The molecule has 9 nitrogen and oxygen atoms in total. The van der Waals surface area contributed by atoms with Gasteiger partial charge in [0.15, 0.2) is 5.92 Å². The predicted molar refractivity (Wildman–Crippen MR) is 122 cm³/mol. The summed E-state index contributed by atoms with van der Waals surface area (Å²) in [5.74, 6) is -2.20. The summed E-state index contributed by atoms with van der Waals surface area (Å²) in [6.07, 6.45) is 2.72. The molecule has 0 spiro atoms. The number of hydrazone groups is 1. The second kappa shape index (κ2) is 9.07. The molecule has 2 amide bonds. The fraction of sp³-hybridized carbons (Fsp3) is 0.208. The summed E-state index contributed by atoms with van der Waals surface area (Å²) in [5, 5.41) is 8.16. The molecule has 1 aliphatic heterocycles. The van der Waals surface area contributed by atoms with Crippen LogP contribution in [0.25, 0.3) is 11.5 Å². The van der Waals surface area contributed by atoms with Gasteiger partial charge in [-0.1, -0.05) is 12.1 Å². The first-order valence-corrected chi connectivity index (χ1v) is 10.3. The minimum atomic E-state index is -1.10. The summed E-state index contributed by atoms with van der Waals surface area (Å²) in [6.45, 7) is 5.12. The summed E-state index contributed by atoms with van der Waals surface area (Å²) < 4.78 is 10.5. The molecule has 1 aliphatic rings. The number of benzene rings is 2. The molecule has 0 saturated carbocycles. The molecule has 0 bridgehead atoms. The number of nitrogens with one attached hydrogen (secondary N) is 1. The number of ether oxygens (including phenoxy) is 1. The lowest BCUT2D eigenvalue weighted by molar-refractivity contribution is -0.127. The van der Waals surface area contributed by atoms with Crippen molar-refractivity contribution in [3.05, 3.63) is 66.6 Å². The third kappa shape index (κ3) is 4.67. The summed E-state index contributed by atoms with van der Waals surface area (Å²) in [4.78, 5) is 42.3. The minimum absolute atomic E-state index is 0.273. The van der Waals surface area contributed by atoms with Crippen LogP contribution in [0.5, 0.6) is 0 Å². The molecule has 168 valence electrons. The highest BCUT2D eigenvalue weighted by Gasteiger charge is 2.40. The van der Waals surface area contributed by atoms with Crippen LogP contribution >= 0.6 is 0 Å². The lowest BCUT2D eigenvalue weighted by Gasteiger charge is -2.16. The van der Waals surface area contributed by atoms with E-state index in [0.29, 0.717) is 28.5 Å². The lowest BCUT2D eigenvalue weighted by atomic mass is 10.0. The fourth-order valence-electron chi connectivity index (χ4n) is 3.41. The number of rotatable bonds is 6. The average Bonchev–Trinajstić information content (AvgIpc) is 3.42. The Labute approximate surface area is 190 Å². The Morgan fingerprint density at radius 3 is 2.67 bits per heavy atom. The SMILES string of the molecule is CC1=NN(c2cccc(C(=O)OC(C)C)c2)C(=O)C1C(=O)Nc1cccc(-c2ncco2)c1. The maximum absolute atomic E-state index is 13.1. The van der Waals surface area contributed by atoms with Gasteiger partial charge in [0.2, 0.25) is 11.8 Å². The maximum atomic E-state index is 13.1. The lowest BCUT2D eigenvalue weighted by Crippen LogP contribution is -2.36. The van der Waals surface area contributed by atoms with Crippen molar-refractivity contribution in [2.24, 2.45) is 11.0 Å². The molecular weight excluding hydrogens is 424 g/mol. The molecule has 33 heavy (non-hydrogen) atoms. The van der Waals surface area contributed by atoms with Gasteiger partial charge in [0, 0.05) is 11.3 Å². The standard InChI is InChI=1S/C24H22N4O5/c1-14(2)33-24(31)17-7-5-9-19(13-17)28-23(30)20(15(3)27-28)21(29)26-18-8-4-6-16(12-18)22-25-10-11-32-22/h4-14,20H,1-3H3,(H,26,29). The number of carbonyl (C=O) groups excluding carboxylic acids is 3. The number of nitrogens with zero attached hydrogens (tertiary/aromatic N) is 3. The van der Waals surface area contributed by atoms with E-state index in [4.69, 9.17) is 9.15 Å². The van der Waals surface area contributed by atoms with Crippen LogP contribution in [0.4, 0.5) is 11.4 Å². The normalized spacial score (nSPS) is 15.5. The number of amides is 2. The van der Waals surface area contributed by atoms with Gasteiger partial charge < -0.3 is 14.5 Å². The van der Waals surface area contributed by atoms with Gasteiger partial charge in [0.25, 0.3) is 5.91 Å². The number of hydrogen-bond acceptors (Lipinski definition) is 7. The van der Waals surface area contributed by atoms with E-state index in [2.05, 4.69) is 15.4 Å². The van der Waals surface area contributed by atoms with Gasteiger partial charge in [-0.3, -0.25) is 9.59 Å². The molecule has 2 aromatic carbocycles. The number of hydrogen-bond donors (Lipinski definition) is 1. The number of aromatic nitrogens is 1. The highest BCUT2D eigenvalue weighted by molar-refractivity contribution is 6.28. The van der Waals surface area contributed by atoms with Gasteiger partial charge in [-0.15, -0.1) is 0 Å². The molecule has 2 heterocycles. The quantitative estimate of drug-likeness (QED) is 0.454. The van der Waals surface area contributed by atoms with Gasteiger partial charge in [-0.25, -0.2) is 9.78 Å². The Kier molecular flexibility index (Phi) is 6.03. The number of oxazole rings is 1. The predicted octanol–water partition coefficient (Wildman–Crippen LogP) is 3.88. The van der Waals surface area contributed by atoms with Crippen molar-refractivity contribution in [3.63, 3.8) is 0 Å². The molecule has 1 N–H and O–H groups in total. The Morgan fingerprint density at radius 1 is 1.15 bits per heavy atom. The molecule has 1 atom stereocenters. The second-order valence-electron chi connectivity index (χ2n) is 7.74. The topological polar surface area (TPSA) is 114 Å². The first-order chi connectivity index (χ1) is 15.8. The van der Waals surface area contributed by atoms with E-state index in [-0.39, 0.29) is 11.7 Å². The molecule has 0 saturated heterocycles. The van der Waals surface area contributed by atoms with Gasteiger partial charge in [-0.2, -0.15) is 10.1 Å². The van der Waals surface area contributed by atoms with Crippen LogP contribution in [0.2, 0.25) is 0 Å². The van der Waals surface area contributed by atoms with Crippen LogP contribution in [0.15, 0.2) is 70.5 Å². The van der Waals surface area contributed by atoms with E-state index < -0.39 is 23.7 Å². The first kappa shape index (κ1) is 21.9. The van der Waals surface area contributed by atoms with Gasteiger partial charge >= 0.3 is 5.97 Å². The Hall–Kier alpha value is -4.27. The van der Waals surface area contributed by atoms with E-state index in [1.54, 1.807) is 63.2 Å². The summed E-state index contributed by atoms with van der Waals surface area (Å²) in [5.41, 5.74) is 2.19. The van der Waals surface area contributed by atoms with E-state index in [1.807, 2.05) is 0 Å². The molecule has 0 aliphatic carbocycles. The largest absolute Gasteiger partial charge is 0.459 e. The molecule has 0 fully saturated rings. The molecule has 3 aromatic rings. The van der Waals surface area contributed by atoms with Crippen LogP contribution in [-0.4, -0.2) is 34.6 Å². The zero-order valence-electron chi connectivity index (χ0n) is 18.3. The average molecular weight is 446 g/mol. The van der Waals surface area contributed by atoms with Crippen molar-refractivity contribution >= 4 is 34.9 Å². The van der Waals surface area contributed by atoms with Crippen molar-refractivity contribution < 1.29 is 23.5 Å². The Morgan fingerprint density at radius 2 is 1.94 bits per heavy atom. The van der Waals surface area contributed by atoms with E-state index in [9.17, 15) is 14.4 Å². The van der Waals surface area contributed by atoms with Crippen LogP contribution in [0.3, 0.4) is 0 Å². The maximum Gasteiger partial charge on any atom is 0.338 e. The third-order valence-corrected chi connectivity index (χ3v) is 4.87. The monoisotopic (exact) mass is 446 g/mol. The van der Waals surface area contributed by atoms with Crippen molar-refractivity contribution in [1.82, 2.24) is 4.98 Å². The molecule has 0 radical (unpaired) electrons. The Balaban J connectivity index is 1.51. The molecule has 4 rings (SSSR count). The summed E-state index contributed by atoms with van der Waals surface area (Å²) >= 11 is 0. The number of carbonyl (C=O) groups is 3. The van der Waals surface area contributed by atoms with Gasteiger partial charge in [0.05, 0.1) is 29.3 Å². The van der Waals surface area contributed by atoms with Crippen molar-refractivity contribution in [2.45, 2.75) is 26.9 Å². The highest BCUT2D eigenvalue weighted by atomic mass is 16.5. The molecule has 1 aromatic heterocycles. The van der Waals surface area contributed by atoms with Crippen LogP contribution in [-0.2, 0) is 14.3 Å². The van der Waals surface area contributed by atoms with Crippen LogP contribution < -0.4 is 10.3 Å². The zero-order chi connectivity index (χ0) is 23.5. The second-order valence-corrected chi connectivity index (χ2v) is 7.74. The third-order valence-electron chi connectivity index (χ3n) is 4.87. The number of anilines is 2. The summed E-state index contributed by atoms with van der Waals surface area (Å²) in [7, 11) is 0. The van der Waals surface area contributed by atoms with Crippen molar-refractivity contribution in [3.8, 4) is 11.5 Å². The van der Waals surface area contributed by atoms with E-state index in [0.717, 1.165) is 5.01 Å². The number of esters is 1. The first-order valence-electron chi connectivity index (χ1n) is 10.3. The van der Waals surface area contributed by atoms with Gasteiger partial charge in [0.1, 0.15) is 6.26 Å². The van der Waals surface area contributed by atoms with Gasteiger partial charge in [-0.05, 0) is 57.2 Å².